The number of ether oxygens (including phenoxy) is 1. The molecule has 0 unspecified atom stereocenters. The van der Waals surface area contributed by atoms with Gasteiger partial charge in [-0.3, -0.25) is 10.1 Å². The fourth-order valence-corrected chi connectivity index (χ4v) is 1.75. The summed E-state index contributed by atoms with van der Waals surface area (Å²) in [6, 6.07) is 4.34. The van der Waals surface area contributed by atoms with Crippen molar-refractivity contribution in [1.29, 1.82) is 0 Å². The second-order valence-electron chi connectivity index (χ2n) is 5.60. The van der Waals surface area contributed by atoms with Crippen LogP contribution in [0.3, 0.4) is 0 Å². The maximum Gasteiger partial charge on any atom is 0.340 e. The highest BCUT2D eigenvalue weighted by molar-refractivity contribution is 5.99. The number of amides is 3. The van der Waals surface area contributed by atoms with Crippen molar-refractivity contribution in [3.8, 4) is 0 Å². The van der Waals surface area contributed by atoms with Crippen LogP contribution in [0.15, 0.2) is 18.2 Å². The van der Waals surface area contributed by atoms with Crippen LogP contribution in [0.2, 0.25) is 0 Å². The number of carbonyl (C=O) groups is 3. The van der Waals surface area contributed by atoms with E-state index in [0.29, 0.717) is 18.2 Å². The molecule has 23 heavy (non-hydrogen) atoms. The lowest BCUT2D eigenvalue weighted by molar-refractivity contribution is -0.123. The van der Waals surface area contributed by atoms with Gasteiger partial charge in [-0.2, -0.15) is 0 Å². The molecule has 0 heterocycles. The molecule has 0 bridgehead atoms. The van der Waals surface area contributed by atoms with Crippen molar-refractivity contribution >= 4 is 23.6 Å². The van der Waals surface area contributed by atoms with Gasteiger partial charge in [0, 0.05) is 12.2 Å². The first-order valence-electron chi connectivity index (χ1n) is 7.41. The van der Waals surface area contributed by atoms with Crippen LogP contribution in [0.25, 0.3) is 0 Å². The van der Waals surface area contributed by atoms with Crippen molar-refractivity contribution in [3.05, 3.63) is 29.3 Å². The van der Waals surface area contributed by atoms with E-state index in [9.17, 15) is 14.4 Å². The van der Waals surface area contributed by atoms with Crippen LogP contribution in [0.4, 0.5) is 10.5 Å². The van der Waals surface area contributed by atoms with E-state index in [0.717, 1.165) is 12.0 Å². The zero-order chi connectivity index (χ0) is 17.4. The number of para-hydroxylation sites is 1. The van der Waals surface area contributed by atoms with E-state index in [1.807, 2.05) is 13.8 Å². The minimum absolute atomic E-state index is 0.194. The molecular weight excluding hydrogens is 298 g/mol. The molecular formula is C16H23N3O4. The van der Waals surface area contributed by atoms with Crippen molar-refractivity contribution in [2.75, 3.05) is 18.9 Å². The SMILES string of the molecule is Cc1cccc(C(=O)OCC(=O)NC(=O)NCCC(C)C)c1N. The zero-order valence-electron chi connectivity index (χ0n) is 13.6. The first-order valence-corrected chi connectivity index (χ1v) is 7.41. The molecule has 1 rings (SSSR count). The van der Waals surface area contributed by atoms with Gasteiger partial charge in [0.1, 0.15) is 0 Å². The number of esters is 1. The van der Waals surface area contributed by atoms with E-state index in [1.54, 1.807) is 19.1 Å². The molecule has 126 valence electrons. The summed E-state index contributed by atoms with van der Waals surface area (Å²) in [4.78, 5) is 34.9. The summed E-state index contributed by atoms with van der Waals surface area (Å²) in [6.45, 7) is 5.74. The molecule has 0 aliphatic rings. The predicted molar refractivity (Wildman–Crippen MR) is 86.9 cm³/mol. The molecule has 0 saturated heterocycles. The Hall–Kier alpha value is -2.57. The van der Waals surface area contributed by atoms with E-state index in [-0.39, 0.29) is 5.56 Å². The molecule has 1 aromatic carbocycles. The van der Waals surface area contributed by atoms with Gasteiger partial charge in [-0.1, -0.05) is 26.0 Å². The van der Waals surface area contributed by atoms with E-state index >= 15 is 0 Å². The topological polar surface area (TPSA) is 111 Å². The minimum Gasteiger partial charge on any atom is -0.452 e. The third kappa shape index (κ3) is 6.37. The summed E-state index contributed by atoms with van der Waals surface area (Å²) in [6.07, 6.45) is 0.809. The molecule has 1 aromatic rings. The molecule has 7 nitrogen and oxygen atoms in total. The fourth-order valence-electron chi connectivity index (χ4n) is 1.75. The van der Waals surface area contributed by atoms with Crippen molar-refractivity contribution in [2.45, 2.75) is 27.2 Å². The van der Waals surface area contributed by atoms with Crippen LogP contribution in [0.1, 0.15) is 36.2 Å². The van der Waals surface area contributed by atoms with Crippen molar-refractivity contribution in [1.82, 2.24) is 10.6 Å². The highest BCUT2D eigenvalue weighted by atomic mass is 16.5. The van der Waals surface area contributed by atoms with Gasteiger partial charge in [-0.15, -0.1) is 0 Å². The van der Waals surface area contributed by atoms with Crippen LogP contribution >= 0.6 is 0 Å². The van der Waals surface area contributed by atoms with E-state index in [1.165, 1.54) is 6.07 Å². The average Bonchev–Trinajstić information content (AvgIpc) is 2.47. The van der Waals surface area contributed by atoms with Crippen molar-refractivity contribution in [3.63, 3.8) is 0 Å². The Morgan fingerprint density at radius 2 is 1.96 bits per heavy atom. The number of hydrogen-bond acceptors (Lipinski definition) is 5. The van der Waals surface area contributed by atoms with Gasteiger partial charge in [0.15, 0.2) is 6.61 Å². The van der Waals surface area contributed by atoms with Crippen LogP contribution < -0.4 is 16.4 Å². The number of hydrogen-bond donors (Lipinski definition) is 3. The Balaban J connectivity index is 2.39. The number of rotatable bonds is 6. The zero-order valence-corrected chi connectivity index (χ0v) is 13.6. The largest absolute Gasteiger partial charge is 0.452 e. The van der Waals surface area contributed by atoms with Gasteiger partial charge in [-0.25, -0.2) is 9.59 Å². The summed E-state index contributed by atoms with van der Waals surface area (Å²) in [7, 11) is 0. The average molecular weight is 321 g/mol. The summed E-state index contributed by atoms with van der Waals surface area (Å²) in [5.41, 5.74) is 7.03. The number of carbonyl (C=O) groups excluding carboxylic acids is 3. The monoisotopic (exact) mass is 321 g/mol. The van der Waals surface area contributed by atoms with Gasteiger partial charge >= 0.3 is 12.0 Å². The first-order chi connectivity index (χ1) is 10.8. The minimum atomic E-state index is -0.707. The number of nitrogens with two attached hydrogens (primary N) is 1. The maximum absolute atomic E-state index is 11.9. The van der Waals surface area contributed by atoms with Gasteiger partial charge in [0.05, 0.1) is 5.56 Å². The number of nitrogens with one attached hydrogen (secondary N) is 2. The van der Waals surface area contributed by atoms with Crippen molar-refractivity contribution in [2.24, 2.45) is 5.92 Å². The lowest BCUT2D eigenvalue weighted by Crippen LogP contribution is -2.42. The molecule has 0 atom stereocenters. The molecule has 0 radical (unpaired) electrons. The quantitative estimate of drug-likeness (QED) is 0.544. The smallest absolute Gasteiger partial charge is 0.340 e. The Morgan fingerprint density at radius 3 is 2.61 bits per heavy atom. The van der Waals surface area contributed by atoms with Crippen LogP contribution in [0.5, 0.6) is 0 Å². The van der Waals surface area contributed by atoms with Crippen LogP contribution in [0, 0.1) is 12.8 Å². The Bertz CT molecular complexity index is 585. The molecule has 0 saturated carbocycles. The van der Waals surface area contributed by atoms with Crippen molar-refractivity contribution < 1.29 is 19.1 Å². The highest BCUT2D eigenvalue weighted by Crippen LogP contribution is 2.17. The molecule has 0 spiro atoms. The van der Waals surface area contributed by atoms with Gasteiger partial charge in [0.2, 0.25) is 0 Å². The number of nitrogen functional groups attached to an aromatic ring is 1. The standard InChI is InChI=1S/C16H23N3O4/c1-10(2)7-8-18-16(22)19-13(20)9-23-15(21)12-6-4-5-11(3)14(12)17/h4-6,10H,7-9,17H2,1-3H3,(H2,18,19,20,22). The third-order valence-electron chi connectivity index (χ3n) is 3.14. The van der Waals surface area contributed by atoms with Gasteiger partial charge in [-0.05, 0) is 30.9 Å². The van der Waals surface area contributed by atoms with Gasteiger partial charge in [0.25, 0.3) is 5.91 Å². The van der Waals surface area contributed by atoms with E-state index in [2.05, 4.69) is 10.6 Å². The molecule has 3 amide bonds. The molecule has 0 aliphatic carbocycles. The second kappa shape index (κ2) is 8.77. The number of imide groups is 1. The highest BCUT2D eigenvalue weighted by Gasteiger charge is 2.15. The molecule has 0 fully saturated rings. The summed E-state index contributed by atoms with van der Waals surface area (Å²) < 4.78 is 4.86. The molecule has 4 N–H and O–H groups in total. The lowest BCUT2D eigenvalue weighted by Gasteiger charge is -2.10. The fraction of sp³-hybridized carbons (Fsp3) is 0.438. The Kier molecular flexibility index (Phi) is 7.05. The van der Waals surface area contributed by atoms with E-state index < -0.39 is 24.5 Å². The number of anilines is 1. The number of benzene rings is 1. The predicted octanol–water partition coefficient (Wildman–Crippen LogP) is 1.61. The normalized spacial score (nSPS) is 10.3. The summed E-state index contributed by atoms with van der Waals surface area (Å²) in [5.74, 6) is -0.958. The van der Waals surface area contributed by atoms with E-state index in [4.69, 9.17) is 10.5 Å². The maximum atomic E-state index is 11.9. The van der Waals surface area contributed by atoms with Crippen LogP contribution in [-0.2, 0) is 9.53 Å². The Labute approximate surface area is 135 Å². The Morgan fingerprint density at radius 1 is 1.26 bits per heavy atom. The molecule has 7 heteroatoms. The van der Waals surface area contributed by atoms with Crippen LogP contribution in [-0.4, -0.2) is 31.1 Å². The number of aryl methyl sites for hydroxylation is 1. The summed E-state index contributed by atoms with van der Waals surface area (Å²) in [5, 5.41) is 4.64. The first kappa shape index (κ1) is 18.5. The van der Waals surface area contributed by atoms with Gasteiger partial charge < -0.3 is 15.8 Å². The second-order valence-corrected chi connectivity index (χ2v) is 5.60. The third-order valence-corrected chi connectivity index (χ3v) is 3.14. The number of urea groups is 1. The molecule has 0 aliphatic heterocycles. The lowest BCUT2D eigenvalue weighted by atomic mass is 10.1. The molecule has 0 aromatic heterocycles. The summed E-state index contributed by atoms with van der Waals surface area (Å²) >= 11 is 0.